The third kappa shape index (κ3) is 1.87. The number of halogens is 1. The van der Waals surface area contributed by atoms with Crippen molar-refractivity contribution in [2.24, 2.45) is 0 Å². The SMILES string of the molecule is O=C(c1cc2cccc(Cl)c2o1)C1CN2CCN1CC2. The number of benzene rings is 1. The van der Waals surface area contributed by atoms with Gasteiger partial charge in [0.05, 0.1) is 11.1 Å². The number of hydrogen-bond donors (Lipinski definition) is 0. The number of Topliss-reactive ketones (excluding diaryl/α,β-unsaturated/α-hetero) is 1. The van der Waals surface area contributed by atoms with Crippen LogP contribution in [0.5, 0.6) is 0 Å². The zero-order valence-corrected chi connectivity index (χ0v) is 11.8. The van der Waals surface area contributed by atoms with Gasteiger partial charge in [0.25, 0.3) is 0 Å². The van der Waals surface area contributed by atoms with Gasteiger partial charge in [-0.3, -0.25) is 14.6 Å². The fourth-order valence-corrected chi connectivity index (χ4v) is 3.40. The van der Waals surface area contributed by atoms with Gasteiger partial charge in [0.2, 0.25) is 5.78 Å². The van der Waals surface area contributed by atoms with E-state index in [-0.39, 0.29) is 11.8 Å². The maximum absolute atomic E-state index is 12.7. The molecule has 5 rings (SSSR count). The van der Waals surface area contributed by atoms with E-state index in [2.05, 4.69) is 9.80 Å². The average molecular weight is 291 g/mol. The largest absolute Gasteiger partial charge is 0.451 e. The van der Waals surface area contributed by atoms with Crippen LogP contribution in [0.1, 0.15) is 10.6 Å². The standard InChI is InChI=1S/C15H15ClN2O2/c16-11-3-1-2-10-8-13(20-15(10)11)14(19)12-9-17-4-6-18(12)7-5-17/h1-3,8,12H,4-7,9H2. The highest BCUT2D eigenvalue weighted by molar-refractivity contribution is 6.34. The smallest absolute Gasteiger partial charge is 0.216 e. The summed E-state index contributed by atoms with van der Waals surface area (Å²) < 4.78 is 5.69. The van der Waals surface area contributed by atoms with Crippen molar-refractivity contribution in [1.82, 2.24) is 9.80 Å². The molecule has 0 spiro atoms. The molecule has 0 amide bonds. The Hall–Kier alpha value is -1.36. The van der Waals surface area contributed by atoms with Crippen LogP contribution >= 0.6 is 11.6 Å². The highest BCUT2D eigenvalue weighted by atomic mass is 35.5. The van der Waals surface area contributed by atoms with Crippen molar-refractivity contribution in [3.8, 4) is 0 Å². The summed E-state index contributed by atoms with van der Waals surface area (Å²) in [6, 6.07) is 7.29. The molecule has 0 saturated carbocycles. The summed E-state index contributed by atoms with van der Waals surface area (Å²) in [6.07, 6.45) is 0. The summed E-state index contributed by atoms with van der Waals surface area (Å²) in [5, 5.41) is 1.44. The first kappa shape index (κ1) is 12.4. The topological polar surface area (TPSA) is 36.7 Å². The second-order valence-electron chi connectivity index (χ2n) is 5.49. The Morgan fingerprint density at radius 1 is 1.25 bits per heavy atom. The van der Waals surface area contributed by atoms with Gasteiger partial charge >= 0.3 is 0 Å². The van der Waals surface area contributed by atoms with Gasteiger partial charge in [0.15, 0.2) is 11.3 Å². The molecule has 0 aliphatic carbocycles. The van der Waals surface area contributed by atoms with E-state index in [1.165, 1.54) is 0 Å². The van der Waals surface area contributed by atoms with Crippen LogP contribution in [0.2, 0.25) is 5.02 Å². The number of carbonyl (C=O) groups excluding carboxylic acids is 1. The summed E-state index contributed by atoms with van der Waals surface area (Å²) in [6.45, 7) is 4.88. The quantitative estimate of drug-likeness (QED) is 0.795. The molecule has 1 atom stereocenters. The summed E-state index contributed by atoms with van der Waals surface area (Å²) in [5.74, 6) is 0.494. The first-order valence-electron chi connectivity index (χ1n) is 6.91. The summed E-state index contributed by atoms with van der Waals surface area (Å²) in [7, 11) is 0. The summed E-state index contributed by atoms with van der Waals surface area (Å²) >= 11 is 6.10. The van der Waals surface area contributed by atoms with Gasteiger partial charge in [0, 0.05) is 38.1 Å². The Bertz CT molecular complexity index is 674. The Balaban J connectivity index is 1.68. The van der Waals surface area contributed by atoms with E-state index in [0.29, 0.717) is 16.4 Å². The predicted molar refractivity (Wildman–Crippen MR) is 77.4 cm³/mol. The van der Waals surface area contributed by atoms with Crippen LogP contribution < -0.4 is 0 Å². The zero-order chi connectivity index (χ0) is 13.7. The summed E-state index contributed by atoms with van der Waals surface area (Å²) in [4.78, 5) is 17.3. The number of ketones is 1. The number of furan rings is 1. The summed E-state index contributed by atoms with van der Waals surface area (Å²) in [5.41, 5.74) is 0.605. The molecule has 1 aromatic heterocycles. The number of hydrogen-bond acceptors (Lipinski definition) is 4. The molecule has 2 aromatic rings. The van der Waals surface area contributed by atoms with Crippen LogP contribution in [-0.4, -0.2) is 54.3 Å². The van der Waals surface area contributed by atoms with Crippen molar-refractivity contribution in [2.75, 3.05) is 32.7 Å². The van der Waals surface area contributed by atoms with Crippen LogP contribution in [0, 0.1) is 0 Å². The highest BCUT2D eigenvalue weighted by Gasteiger charge is 2.37. The van der Waals surface area contributed by atoms with E-state index in [1.807, 2.05) is 18.2 Å². The number of rotatable bonds is 2. The molecule has 2 bridgehead atoms. The van der Waals surface area contributed by atoms with Crippen LogP contribution in [-0.2, 0) is 0 Å². The highest BCUT2D eigenvalue weighted by Crippen LogP contribution is 2.28. The molecule has 5 heteroatoms. The molecule has 3 aliphatic heterocycles. The van der Waals surface area contributed by atoms with Crippen molar-refractivity contribution in [3.63, 3.8) is 0 Å². The van der Waals surface area contributed by atoms with Crippen molar-refractivity contribution >= 4 is 28.4 Å². The molecular formula is C15H15ClN2O2. The van der Waals surface area contributed by atoms with E-state index < -0.39 is 0 Å². The van der Waals surface area contributed by atoms with Gasteiger partial charge in [-0.05, 0) is 12.1 Å². The molecule has 3 fully saturated rings. The lowest BCUT2D eigenvalue weighted by atomic mass is 10.0. The average Bonchev–Trinajstić information content (AvgIpc) is 2.93. The molecule has 1 unspecified atom stereocenters. The third-order valence-electron chi connectivity index (χ3n) is 4.32. The van der Waals surface area contributed by atoms with E-state index in [1.54, 1.807) is 6.07 Å². The minimum Gasteiger partial charge on any atom is -0.451 e. The van der Waals surface area contributed by atoms with Gasteiger partial charge in [0.1, 0.15) is 0 Å². The van der Waals surface area contributed by atoms with Gasteiger partial charge < -0.3 is 4.42 Å². The minimum absolute atomic E-state index is 0.0710. The monoisotopic (exact) mass is 290 g/mol. The first-order valence-corrected chi connectivity index (χ1v) is 7.29. The normalized spacial score (nSPS) is 28.9. The second-order valence-corrected chi connectivity index (χ2v) is 5.89. The van der Waals surface area contributed by atoms with Crippen molar-refractivity contribution in [3.05, 3.63) is 35.0 Å². The van der Waals surface area contributed by atoms with Crippen molar-refractivity contribution in [1.29, 1.82) is 0 Å². The lowest BCUT2D eigenvalue weighted by Crippen LogP contribution is -2.63. The number of para-hydroxylation sites is 1. The predicted octanol–water partition coefficient (Wildman–Crippen LogP) is 2.27. The Labute approximate surface area is 121 Å². The number of carbonyl (C=O) groups is 1. The third-order valence-corrected chi connectivity index (χ3v) is 4.62. The number of fused-ring (bicyclic) bond motifs is 4. The molecule has 104 valence electrons. The fourth-order valence-electron chi connectivity index (χ4n) is 3.18. The Morgan fingerprint density at radius 3 is 2.70 bits per heavy atom. The van der Waals surface area contributed by atoms with Crippen LogP contribution in [0.25, 0.3) is 11.0 Å². The molecule has 3 saturated heterocycles. The molecule has 4 heterocycles. The zero-order valence-electron chi connectivity index (χ0n) is 11.0. The Kier molecular flexibility index (Phi) is 2.84. The first-order chi connectivity index (χ1) is 9.72. The van der Waals surface area contributed by atoms with E-state index in [0.717, 1.165) is 38.1 Å². The van der Waals surface area contributed by atoms with Gasteiger partial charge in [-0.2, -0.15) is 0 Å². The van der Waals surface area contributed by atoms with Crippen molar-refractivity contribution < 1.29 is 9.21 Å². The van der Waals surface area contributed by atoms with Gasteiger partial charge in [-0.15, -0.1) is 0 Å². The second kappa shape index (κ2) is 4.58. The molecule has 0 radical (unpaired) electrons. The van der Waals surface area contributed by atoms with Crippen LogP contribution in [0.3, 0.4) is 0 Å². The molecule has 1 aromatic carbocycles. The molecule has 3 aliphatic rings. The Morgan fingerprint density at radius 2 is 2.05 bits per heavy atom. The molecular weight excluding hydrogens is 276 g/mol. The van der Waals surface area contributed by atoms with E-state index in [4.69, 9.17) is 16.0 Å². The van der Waals surface area contributed by atoms with E-state index >= 15 is 0 Å². The number of nitrogens with zero attached hydrogens (tertiary/aromatic N) is 2. The fraction of sp³-hybridized carbons (Fsp3) is 0.400. The van der Waals surface area contributed by atoms with Crippen LogP contribution in [0.4, 0.5) is 0 Å². The molecule has 0 N–H and O–H groups in total. The number of piperazine rings is 3. The lowest BCUT2D eigenvalue weighted by molar-refractivity contribution is 0.0146. The maximum atomic E-state index is 12.7. The molecule has 20 heavy (non-hydrogen) atoms. The lowest BCUT2D eigenvalue weighted by Gasteiger charge is -2.46. The van der Waals surface area contributed by atoms with Crippen LogP contribution in [0.15, 0.2) is 28.7 Å². The van der Waals surface area contributed by atoms with E-state index in [9.17, 15) is 4.79 Å². The van der Waals surface area contributed by atoms with Gasteiger partial charge in [-0.25, -0.2) is 0 Å². The minimum atomic E-state index is -0.0724. The maximum Gasteiger partial charge on any atom is 0.216 e. The van der Waals surface area contributed by atoms with Crippen molar-refractivity contribution in [2.45, 2.75) is 6.04 Å². The molecule has 4 nitrogen and oxygen atoms in total. The van der Waals surface area contributed by atoms with Gasteiger partial charge in [-0.1, -0.05) is 23.7 Å².